The van der Waals surface area contributed by atoms with E-state index in [2.05, 4.69) is 40.7 Å². The van der Waals surface area contributed by atoms with Gasteiger partial charge in [-0.05, 0) is 42.9 Å². The summed E-state index contributed by atoms with van der Waals surface area (Å²) in [6, 6.07) is 2.17. The van der Waals surface area contributed by atoms with E-state index in [-0.39, 0.29) is 6.10 Å². The van der Waals surface area contributed by atoms with Gasteiger partial charge in [-0.25, -0.2) is 9.59 Å². The molecule has 0 amide bonds. The molecule has 0 aliphatic carbocycles. The predicted molar refractivity (Wildman–Crippen MR) is 99.6 cm³/mol. The van der Waals surface area contributed by atoms with Crippen molar-refractivity contribution in [1.29, 1.82) is 0 Å². The molecule has 2 rings (SSSR count). The molecule has 0 unspecified atom stereocenters. The number of halogens is 6. The topological polar surface area (TPSA) is 101 Å². The molecule has 0 radical (unpaired) electrons. The van der Waals surface area contributed by atoms with Crippen molar-refractivity contribution in [3.63, 3.8) is 0 Å². The summed E-state index contributed by atoms with van der Waals surface area (Å²) >= 11 is 1.74. The molecule has 1 aromatic heterocycles. The average Bonchev–Trinajstić information content (AvgIpc) is 3.10. The quantitative estimate of drug-likeness (QED) is 0.568. The zero-order valence-electron chi connectivity index (χ0n) is 16.7. The number of nitrogens with zero attached hydrogens (tertiary/aromatic N) is 2. The van der Waals surface area contributed by atoms with E-state index in [9.17, 15) is 31.4 Å². The summed E-state index contributed by atoms with van der Waals surface area (Å²) in [5, 5.41) is 28.6. The maximum atomic E-state index is 10.6. The van der Waals surface area contributed by atoms with Crippen LogP contribution >= 0.6 is 11.3 Å². The molecule has 1 aliphatic rings. The van der Waals surface area contributed by atoms with Crippen molar-refractivity contribution in [1.82, 2.24) is 9.80 Å². The van der Waals surface area contributed by atoms with Gasteiger partial charge in [0.1, 0.15) is 0 Å². The van der Waals surface area contributed by atoms with Crippen LogP contribution in [0.4, 0.5) is 26.3 Å². The lowest BCUT2D eigenvalue weighted by atomic mass is 9.94. The van der Waals surface area contributed by atoms with Gasteiger partial charge in [0.05, 0.1) is 6.10 Å². The molecular weight excluding hydrogens is 458 g/mol. The van der Waals surface area contributed by atoms with Crippen molar-refractivity contribution in [3.8, 4) is 0 Å². The summed E-state index contributed by atoms with van der Waals surface area (Å²) < 4.78 is 63.5. The van der Waals surface area contributed by atoms with Gasteiger partial charge in [-0.2, -0.15) is 37.7 Å². The number of aliphatic carboxylic acids is 2. The minimum atomic E-state index is -5.08. The van der Waals surface area contributed by atoms with Crippen LogP contribution in [-0.2, 0) is 16.1 Å². The molecule has 0 bridgehead atoms. The Kier molecular flexibility index (Phi) is 12.0. The van der Waals surface area contributed by atoms with E-state index in [1.165, 1.54) is 5.56 Å². The molecule has 0 spiro atoms. The van der Waals surface area contributed by atoms with E-state index in [1.54, 1.807) is 11.3 Å². The van der Waals surface area contributed by atoms with E-state index >= 15 is 0 Å². The molecule has 31 heavy (non-hydrogen) atoms. The molecule has 1 aromatic rings. The zero-order valence-corrected chi connectivity index (χ0v) is 17.5. The highest BCUT2D eigenvalue weighted by Gasteiger charge is 2.38. The molecule has 0 saturated carbocycles. The predicted octanol–water partition coefficient (Wildman–Crippen LogP) is 2.76. The van der Waals surface area contributed by atoms with Crippen molar-refractivity contribution >= 4 is 23.3 Å². The number of thiophene rings is 1. The van der Waals surface area contributed by atoms with Crippen molar-refractivity contribution in [3.05, 3.63) is 22.4 Å². The largest absolute Gasteiger partial charge is 0.490 e. The van der Waals surface area contributed by atoms with Crippen LogP contribution in [-0.4, -0.2) is 89.2 Å². The Bertz CT molecular complexity index is 645. The Morgan fingerprint density at radius 3 is 2.03 bits per heavy atom. The van der Waals surface area contributed by atoms with Gasteiger partial charge in [-0.1, -0.05) is 0 Å². The fraction of sp³-hybridized carbons (Fsp3) is 0.647. The summed E-state index contributed by atoms with van der Waals surface area (Å²) in [6.45, 7) is 3.98. The number of carbonyl (C=O) groups is 2. The van der Waals surface area contributed by atoms with Crippen molar-refractivity contribution < 1.29 is 51.3 Å². The van der Waals surface area contributed by atoms with E-state index in [0.717, 1.165) is 32.6 Å². The van der Waals surface area contributed by atoms with Crippen LogP contribution in [0.1, 0.15) is 12.0 Å². The van der Waals surface area contributed by atoms with Crippen LogP contribution in [0.3, 0.4) is 0 Å². The minimum Gasteiger partial charge on any atom is -0.475 e. The number of hydrogen-bond acceptors (Lipinski definition) is 6. The normalized spacial score (nSPS) is 19.7. The standard InChI is InChI=1S/C13H22N2OS.2C2HF3O2/c1-14-5-3-13(16)12(8-14)9-15(2)7-11-4-6-17-10-11;2*3-2(4,5)1(6)7/h4,6,10,12-13,16H,3,5,7-9H2,1-2H3;2*(H,6,7)/t12-,13+;;/m0../s1. The van der Waals surface area contributed by atoms with Gasteiger partial charge in [-0.3, -0.25) is 0 Å². The summed E-state index contributed by atoms with van der Waals surface area (Å²) in [5.74, 6) is -5.13. The Balaban J connectivity index is 0.000000536. The number of alkyl halides is 6. The number of aliphatic hydroxyl groups is 1. The lowest BCUT2D eigenvalue weighted by molar-refractivity contribution is -0.193. The number of carboxylic acids is 2. The minimum absolute atomic E-state index is 0.129. The van der Waals surface area contributed by atoms with Crippen LogP contribution in [0.25, 0.3) is 0 Å². The third-order valence-electron chi connectivity index (χ3n) is 3.96. The van der Waals surface area contributed by atoms with Gasteiger partial charge in [-0.15, -0.1) is 0 Å². The van der Waals surface area contributed by atoms with E-state index < -0.39 is 24.3 Å². The summed E-state index contributed by atoms with van der Waals surface area (Å²) in [7, 11) is 4.27. The molecule has 7 nitrogen and oxygen atoms in total. The Morgan fingerprint density at radius 1 is 1.16 bits per heavy atom. The highest BCUT2D eigenvalue weighted by molar-refractivity contribution is 7.07. The highest BCUT2D eigenvalue weighted by atomic mass is 32.1. The molecule has 180 valence electrons. The monoisotopic (exact) mass is 482 g/mol. The number of aliphatic hydroxyl groups excluding tert-OH is 1. The zero-order chi connectivity index (χ0) is 24.4. The van der Waals surface area contributed by atoms with Crippen LogP contribution in [0.15, 0.2) is 16.8 Å². The third-order valence-corrected chi connectivity index (χ3v) is 4.69. The second-order valence-corrected chi connectivity index (χ2v) is 7.59. The molecule has 1 saturated heterocycles. The van der Waals surface area contributed by atoms with Gasteiger partial charge in [0.2, 0.25) is 0 Å². The van der Waals surface area contributed by atoms with Crippen molar-refractivity contribution in [2.75, 3.05) is 33.7 Å². The maximum absolute atomic E-state index is 10.6. The van der Waals surface area contributed by atoms with Gasteiger partial charge in [0.25, 0.3) is 0 Å². The van der Waals surface area contributed by atoms with Crippen LogP contribution < -0.4 is 0 Å². The smallest absolute Gasteiger partial charge is 0.475 e. The number of likely N-dealkylation sites (tertiary alicyclic amines) is 1. The van der Waals surface area contributed by atoms with Gasteiger partial charge < -0.3 is 25.1 Å². The molecule has 3 N–H and O–H groups in total. The second-order valence-electron chi connectivity index (χ2n) is 6.81. The fourth-order valence-electron chi connectivity index (χ4n) is 2.54. The molecule has 0 aromatic carbocycles. The first-order valence-corrected chi connectivity index (χ1v) is 9.64. The molecule has 1 fully saturated rings. The molecule has 14 heteroatoms. The fourth-order valence-corrected chi connectivity index (χ4v) is 3.20. The number of hydrogen-bond donors (Lipinski definition) is 3. The van der Waals surface area contributed by atoms with E-state index in [1.807, 2.05) is 0 Å². The van der Waals surface area contributed by atoms with Gasteiger partial charge in [0.15, 0.2) is 0 Å². The first-order chi connectivity index (χ1) is 14.0. The van der Waals surface area contributed by atoms with Crippen LogP contribution in [0.2, 0.25) is 0 Å². The number of carboxylic acid groups (broad SMARTS) is 2. The van der Waals surface area contributed by atoms with Crippen molar-refractivity contribution in [2.24, 2.45) is 5.92 Å². The molecule has 2 heterocycles. The molecule has 2 atom stereocenters. The lowest BCUT2D eigenvalue weighted by Gasteiger charge is -2.36. The summed E-state index contributed by atoms with van der Waals surface area (Å²) in [5.41, 5.74) is 1.37. The number of piperidine rings is 1. The van der Waals surface area contributed by atoms with Crippen LogP contribution in [0.5, 0.6) is 0 Å². The first kappa shape index (κ1) is 29.1. The van der Waals surface area contributed by atoms with Gasteiger partial charge >= 0.3 is 24.3 Å². The third kappa shape index (κ3) is 13.2. The Hall–Kier alpha value is -1.90. The maximum Gasteiger partial charge on any atom is 0.490 e. The Labute approximate surface area is 178 Å². The second kappa shape index (κ2) is 12.8. The first-order valence-electron chi connectivity index (χ1n) is 8.70. The average molecular weight is 482 g/mol. The lowest BCUT2D eigenvalue weighted by Crippen LogP contribution is -2.45. The summed E-state index contributed by atoms with van der Waals surface area (Å²) in [6.07, 6.45) is -9.39. The molecular formula is C17H24F6N2O5S. The Morgan fingerprint density at radius 2 is 1.65 bits per heavy atom. The van der Waals surface area contributed by atoms with Crippen LogP contribution in [0, 0.1) is 5.92 Å². The van der Waals surface area contributed by atoms with E-state index in [4.69, 9.17) is 19.8 Å². The molecule has 1 aliphatic heterocycles. The summed E-state index contributed by atoms with van der Waals surface area (Å²) in [4.78, 5) is 22.4. The SMILES string of the molecule is CN1CC[C@@H](O)[C@H](CN(C)Cc2ccsc2)C1.O=C(O)C(F)(F)F.O=C(O)C(F)(F)F. The van der Waals surface area contributed by atoms with Crippen molar-refractivity contribution in [2.45, 2.75) is 31.4 Å². The highest BCUT2D eigenvalue weighted by Crippen LogP contribution is 2.18. The van der Waals surface area contributed by atoms with Gasteiger partial charge in [0, 0.05) is 32.1 Å². The number of rotatable bonds is 4. The van der Waals surface area contributed by atoms with E-state index in [0.29, 0.717) is 5.92 Å².